The summed E-state index contributed by atoms with van der Waals surface area (Å²) < 4.78 is 22.7. The van der Waals surface area contributed by atoms with E-state index in [1.807, 2.05) is 32.9 Å². The van der Waals surface area contributed by atoms with Crippen molar-refractivity contribution in [2.45, 2.75) is 31.7 Å². The molecule has 0 heterocycles. The van der Waals surface area contributed by atoms with E-state index < -0.39 is 9.84 Å². The maximum atomic E-state index is 11.4. The van der Waals surface area contributed by atoms with Crippen molar-refractivity contribution in [2.24, 2.45) is 5.41 Å². The number of aliphatic hydroxyl groups excluding tert-OH is 1. The van der Waals surface area contributed by atoms with Crippen LogP contribution >= 0.6 is 0 Å². The molecule has 1 rings (SSSR count). The molecule has 1 aromatic carbocycles. The Kier molecular flexibility index (Phi) is 5.12. The summed E-state index contributed by atoms with van der Waals surface area (Å²) in [5, 5.41) is 12.5. The molecule has 1 atom stereocenters. The molecule has 108 valence electrons. The second-order valence-electron chi connectivity index (χ2n) is 5.77. The van der Waals surface area contributed by atoms with Crippen molar-refractivity contribution >= 4 is 9.84 Å². The average Bonchev–Trinajstić information content (AvgIpc) is 2.35. The van der Waals surface area contributed by atoms with E-state index in [9.17, 15) is 13.5 Å². The molecule has 1 unspecified atom stereocenters. The number of nitrogens with one attached hydrogen (secondary N) is 1. The zero-order valence-corrected chi connectivity index (χ0v) is 12.8. The molecule has 0 saturated carbocycles. The quantitative estimate of drug-likeness (QED) is 0.836. The standard InChI is InChI=1S/C14H23NO3S/c1-11(15-9-14(2,3)10-16)12-5-7-13(8-6-12)19(4,17)18/h5-8,11,15-16H,9-10H2,1-4H3. The van der Waals surface area contributed by atoms with Gasteiger partial charge in [-0.15, -0.1) is 0 Å². The van der Waals surface area contributed by atoms with Crippen LogP contribution in [0.5, 0.6) is 0 Å². The number of aliphatic hydroxyl groups is 1. The van der Waals surface area contributed by atoms with Gasteiger partial charge in [-0.1, -0.05) is 26.0 Å². The minimum atomic E-state index is -3.14. The van der Waals surface area contributed by atoms with Crippen LogP contribution in [0.25, 0.3) is 0 Å². The van der Waals surface area contributed by atoms with Gasteiger partial charge < -0.3 is 10.4 Å². The van der Waals surface area contributed by atoms with E-state index in [1.54, 1.807) is 12.1 Å². The summed E-state index contributed by atoms with van der Waals surface area (Å²) in [6, 6.07) is 7.00. The van der Waals surface area contributed by atoms with Crippen LogP contribution in [0.4, 0.5) is 0 Å². The van der Waals surface area contributed by atoms with Gasteiger partial charge >= 0.3 is 0 Å². The van der Waals surface area contributed by atoms with Crippen LogP contribution in [-0.2, 0) is 9.84 Å². The molecular formula is C14H23NO3S. The minimum absolute atomic E-state index is 0.111. The molecule has 4 nitrogen and oxygen atoms in total. The molecule has 0 fully saturated rings. The van der Waals surface area contributed by atoms with Gasteiger partial charge in [0.25, 0.3) is 0 Å². The smallest absolute Gasteiger partial charge is 0.175 e. The Balaban J connectivity index is 2.71. The fourth-order valence-corrected chi connectivity index (χ4v) is 2.24. The van der Waals surface area contributed by atoms with Gasteiger partial charge in [0, 0.05) is 30.9 Å². The second kappa shape index (κ2) is 6.03. The lowest BCUT2D eigenvalue weighted by molar-refractivity contribution is 0.154. The van der Waals surface area contributed by atoms with Crippen LogP contribution in [0.1, 0.15) is 32.4 Å². The summed E-state index contributed by atoms with van der Waals surface area (Å²) in [5.41, 5.74) is 0.863. The summed E-state index contributed by atoms with van der Waals surface area (Å²) in [7, 11) is -3.14. The highest BCUT2D eigenvalue weighted by Crippen LogP contribution is 2.18. The van der Waals surface area contributed by atoms with Gasteiger partial charge in [-0.2, -0.15) is 0 Å². The topological polar surface area (TPSA) is 66.4 Å². The van der Waals surface area contributed by atoms with Crippen LogP contribution < -0.4 is 5.32 Å². The lowest BCUT2D eigenvalue weighted by atomic mass is 9.94. The lowest BCUT2D eigenvalue weighted by Gasteiger charge is -2.25. The van der Waals surface area contributed by atoms with Crippen molar-refractivity contribution < 1.29 is 13.5 Å². The third kappa shape index (κ3) is 4.93. The Hall–Kier alpha value is -0.910. The number of hydrogen-bond acceptors (Lipinski definition) is 4. The first-order valence-corrected chi connectivity index (χ1v) is 8.19. The van der Waals surface area contributed by atoms with E-state index in [-0.39, 0.29) is 18.1 Å². The molecule has 0 amide bonds. The molecule has 0 aromatic heterocycles. The van der Waals surface area contributed by atoms with Crippen LogP contribution in [0.2, 0.25) is 0 Å². The van der Waals surface area contributed by atoms with Crippen molar-refractivity contribution in [3.63, 3.8) is 0 Å². The predicted octanol–water partition coefficient (Wildman–Crippen LogP) is 1.76. The third-order valence-electron chi connectivity index (χ3n) is 3.12. The summed E-state index contributed by atoms with van der Waals surface area (Å²) in [6.07, 6.45) is 1.20. The number of hydrogen-bond donors (Lipinski definition) is 2. The molecule has 0 aliphatic rings. The zero-order valence-electron chi connectivity index (χ0n) is 12.0. The Morgan fingerprint density at radius 3 is 2.21 bits per heavy atom. The largest absolute Gasteiger partial charge is 0.396 e. The molecule has 5 heteroatoms. The van der Waals surface area contributed by atoms with E-state index in [0.717, 1.165) is 5.56 Å². The highest BCUT2D eigenvalue weighted by Gasteiger charge is 2.17. The third-order valence-corrected chi connectivity index (χ3v) is 4.25. The van der Waals surface area contributed by atoms with Gasteiger partial charge in [-0.25, -0.2) is 8.42 Å². The molecule has 19 heavy (non-hydrogen) atoms. The Morgan fingerprint density at radius 2 is 1.79 bits per heavy atom. The molecular weight excluding hydrogens is 262 g/mol. The fourth-order valence-electron chi connectivity index (χ4n) is 1.61. The summed E-state index contributed by atoms with van der Waals surface area (Å²) in [5.74, 6) is 0. The number of sulfone groups is 1. The zero-order chi connectivity index (χ0) is 14.7. The maximum Gasteiger partial charge on any atom is 0.175 e. The first-order chi connectivity index (χ1) is 8.65. The van der Waals surface area contributed by atoms with E-state index in [1.165, 1.54) is 6.26 Å². The summed E-state index contributed by atoms with van der Waals surface area (Å²) in [6.45, 7) is 6.81. The normalized spacial score (nSPS) is 14.4. The monoisotopic (exact) mass is 285 g/mol. The first kappa shape index (κ1) is 16.1. The maximum absolute atomic E-state index is 11.4. The van der Waals surface area contributed by atoms with Crippen LogP contribution in [0.15, 0.2) is 29.2 Å². The van der Waals surface area contributed by atoms with Crippen LogP contribution in [-0.4, -0.2) is 32.9 Å². The predicted molar refractivity (Wildman–Crippen MR) is 76.8 cm³/mol. The molecule has 1 aromatic rings. The van der Waals surface area contributed by atoms with Crippen molar-refractivity contribution in [3.8, 4) is 0 Å². The van der Waals surface area contributed by atoms with Gasteiger partial charge in [0.15, 0.2) is 9.84 Å². The number of rotatable bonds is 6. The summed E-state index contributed by atoms with van der Waals surface area (Å²) in [4.78, 5) is 0.333. The fraction of sp³-hybridized carbons (Fsp3) is 0.571. The lowest BCUT2D eigenvalue weighted by Crippen LogP contribution is -2.33. The van der Waals surface area contributed by atoms with Gasteiger partial charge in [0.2, 0.25) is 0 Å². The highest BCUT2D eigenvalue weighted by molar-refractivity contribution is 7.90. The second-order valence-corrected chi connectivity index (χ2v) is 7.78. The van der Waals surface area contributed by atoms with Crippen molar-refractivity contribution in [1.29, 1.82) is 0 Å². The average molecular weight is 285 g/mol. The molecule has 0 aliphatic carbocycles. The molecule has 0 radical (unpaired) electrons. The molecule has 0 aliphatic heterocycles. The van der Waals surface area contributed by atoms with Crippen molar-refractivity contribution in [3.05, 3.63) is 29.8 Å². The van der Waals surface area contributed by atoms with Crippen molar-refractivity contribution in [2.75, 3.05) is 19.4 Å². The van der Waals surface area contributed by atoms with Gasteiger partial charge in [0.1, 0.15) is 0 Å². The summed E-state index contributed by atoms with van der Waals surface area (Å²) >= 11 is 0. The molecule has 0 bridgehead atoms. The molecule has 2 N–H and O–H groups in total. The Morgan fingerprint density at radius 1 is 1.26 bits per heavy atom. The highest BCUT2D eigenvalue weighted by atomic mass is 32.2. The number of benzene rings is 1. The Bertz CT molecular complexity index is 506. The first-order valence-electron chi connectivity index (χ1n) is 6.30. The van der Waals surface area contributed by atoms with Gasteiger partial charge in [0.05, 0.1) is 4.90 Å². The molecule has 0 saturated heterocycles. The van der Waals surface area contributed by atoms with Crippen LogP contribution in [0.3, 0.4) is 0 Å². The van der Waals surface area contributed by atoms with E-state index in [0.29, 0.717) is 11.4 Å². The van der Waals surface area contributed by atoms with Crippen molar-refractivity contribution in [1.82, 2.24) is 5.32 Å². The SMILES string of the molecule is CC(NCC(C)(C)CO)c1ccc(S(C)(=O)=O)cc1. The minimum Gasteiger partial charge on any atom is -0.396 e. The van der Waals surface area contributed by atoms with E-state index in [4.69, 9.17) is 0 Å². The van der Waals surface area contributed by atoms with Gasteiger partial charge in [-0.05, 0) is 24.6 Å². The van der Waals surface area contributed by atoms with E-state index >= 15 is 0 Å². The van der Waals surface area contributed by atoms with Crippen LogP contribution in [0, 0.1) is 5.41 Å². The Labute approximate surface area is 115 Å². The van der Waals surface area contributed by atoms with E-state index in [2.05, 4.69) is 5.32 Å². The molecule has 0 spiro atoms. The van der Waals surface area contributed by atoms with Gasteiger partial charge in [-0.3, -0.25) is 0 Å².